The minimum Gasteiger partial charge on any atom is -0.481 e. The van der Waals surface area contributed by atoms with Crippen molar-refractivity contribution in [1.82, 2.24) is 10.2 Å². The molecule has 116 valence electrons. The minimum atomic E-state index is -0.917. The molecule has 0 radical (unpaired) electrons. The molecule has 2 N–H and O–H groups in total. The molecule has 21 heavy (non-hydrogen) atoms. The lowest BCUT2D eigenvalue weighted by atomic mass is 9.82. The van der Waals surface area contributed by atoms with Crippen LogP contribution in [0.1, 0.15) is 20.3 Å². The summed E-state index contributed by atoms with van der Waals surface area (Å²) in [5, 5.41) is 12.1. The molecule has 0 aliphatic heterocycles. The second kappa shape index (κ2) is 6.28. The Morgan fingerprint density at radius 3 is 2.33 bits per heavy atom. The van der Waals surface area contributed by atoms with Crippen molar-refractivity contribution in [1.29, 1.82) is 0 Å². The second-order valence-electron chi connectivity index (χ2n) is 5.64. The molecule has 2 amide bonds. The molecule has 6 heteroatoms. The van der Waals surface area contributed by atoms with Gasteiger partial charge < -0.3 is 15.3 Å². The summed E-state index contributed by atoms with van der Waals surface area (Å²) in [5.41, 5.74) is 0. The maximum atomic E-state index is 12.7. The van der Waals surface area contributed by atoms with E-state index in [1.165, 1.54) is 4.90 Å². The zero-order valence-electron chi connectivity index (χ0n) is 12.4. The van der Waals surface area contributed by atoms with Crippen LogP contribution in [-0.4, -0.2) is 47.4 Å². The van der Waals surface area contributed by atoms with Crippen molar-refractivity contribution < 1.29 is 19.5 Å². The molecule has 0 saturated heterocycles. The lowest BCUT2D eigenvalue weighted by Gasteiger charge is -2.29. The molecule has 0 heterocycles. The number of nitrogens with zero attached hydrogens (tertiary/aromatic N) is 1. The summed E-state index contributed by atoms with van der Waals surface area (Å²) < 4.78 is 0. The molecule has 0 aromatic heterocycles. The van der Waals surface area contributed by atoms with Crippen molar-refractivity contribution in [2.45, 2.75) is 20.3 Å². The van der Waals surface area contributed by atoms with E-state index in [2.05, 4.69) is 5.32 Å². The number of carbonyl (C=O) groups excluding carboxylic acids is 2. The van der Waals surface area contributed by atoms with Crippen molar-refractivity contribution in [3.05, 3.63) is 12.2 Å². The molecule has 2 rings (SSSR count). The first kappa shape index (κ1) is 15.5. The number of amides is 2. The van der Waals surface area contributed by atoms with Gasteiger partial charge in [-0.25, -0.2) is 0 Å². The van der Waals surface area contributed by atoms with Crippen LogP contribution in [0.2, 0.25) is 0 Å². The van der Waals surface area contributed by atoms with Crippen LogP contribution in [0.3, 0.4) is 0 Å². The smallest absolute Gasteiger partial charge is 0.307 e. The zero-order valence-corrected chi connectivity index (χ0v) is 12.4. The fourth-order valence-corrected chi connectivity index (χ4v) is 3.48. The highest BCUT2D eigenvalue weighted by Gasteiger charge is 2.52. The third kappa shape index (κ3) is 2.94. The van der Waals surface area contributed by atoms with E-state index in [0.717, 1.165) is 6.42 Å². The monoisotopic (exact) mass is 294 g/mol. The highest BCUT2D eigenvalue weighted by Crippen LogP contribution is 2.48. The van der Waals surface area contributed by atoms with Crippen molar-refractivity contribution in [3.8, 4) is 0 Å². The van der Waals surface area contributed by atoms with E-state index >= 15 is 0 Å². The van der Waals surface area contributed by atoms with Crippen molar-refractivity contribution in [3.63, 3.8) is 0 Å². The number of allylic oxidation sites excluding steroid dienone is 2. The molecule has 2 aliphatic carbocycles. The SMILES string of the molecule is CCNC(=O)CN(CC)C(=O)C1C2C=CC(C2)C1C(=O)O. The maximum absolute atomic E-state index is 12.7. The standard InChI is InChI=1S/C15H22N2O4/c1-3-16-11(18)8-17(4-2)14(19)12-9-5-6-10(7-9)13(12)15(20)21/h5-6,9-10,12-13H,3-4,7-8H2,1-2H3,(H,16,18)(H,20,21). The zero-order chi connectivity index (χ0) is 15.6. The molecule has 2 aliphatic rings. The first-order chi connectivity index (χ1) is 9.99. The van der Waals surface area contributed by atoms with Gasteiger partial charge in [0.1, 0.15) is 0 Å². The maximum Gasteiger partial charge on any atom is 0.307 e. The number of likely N-dealkylation sites (N-methyl/N-ethyl adjacent to an activating group) is 2. The van der Waals surface area contributed by atoms with Crippen molar-refractivity contribution in [2.75, 3.05) is 19.6 Å². The topological polar surface area (TPSA) is 86.7 Å². The Balaban J connectivity index is 2.11. The van der Waals surface area contributed by atoms with E-state index in [0.29, 0.717) is 13.1 Å². The van der Waals surface area contributed by atoms with Gasteiger partial charge in [-0.1, -0.05) is 12.2 Å². The summed E-state index contributed by atoms with van der Waals surface area (Å²) in [5.74, 6) is -2.59. The van der Waals surface area contributed by atoms with Gasteiger partial charge in [0.05, 0.1) is 18.4 Å². The highest BCUT2D eigenvalue weighted by atomic mass is 16.4. The van der Waals surface area contributed by atoms with Crippen LogP contribution in [-0.2, 0) is 14.4 Å². The number of hydrogen-bond donors (Lipinski definition) is 2. The van der Waals surface area contributed by atoms with Gasteiger partial charge in [-0.2, -0.15) is 0 Å². The molecule has 4 unspecified atom stereocenters. The summed E-state index contributed by atoms with van der Waals surface area (Å²) in [6.07, 6.45) is 4.59. The molecule has 1 fully saturated rings. The van der Waals surface area contributed by atoms with Gasteiger partial charge in [-0.3, -0.25) is 14.4 Å². The third-order valence-corrected chi connectivity index (χ3v) is 4.43. The number of hydrogen-bond acceptors (Lipinski definition) is 3. The lowest BCUT2D eigenvalue weighted by Crippen LogP contribution is -2.46. The molecular formula is C15H22N2O4. The number of carboxylic acids is 1. The summed E-state index contributed by atoms with van der Waals surface area (Å²) in [7, 11) is 0. The van der Waals surface area contributed by atoms with Crippen molar-refractivity contribution in [2.24, 2.45) is 23.7 Å². The average molecular weight is 294 g/mol. The molecular weight excluding hydrogens is 272 g/mol. The number of nitrogens with one attached hydrogen (secondary N) is 1. The largest absolute Gasteiger partial charge is 0.481 e. The fourth-order valence-electron chi connectivity index (χ4n) is 3.48. The number of carbonyl (C=O) groups is 3. The molecule has 0 spiro atoms. The predicted molar refractivity (Wildman–Crippen MR) is 76.3 cm³/mol. The van der Waals surface area contributed by atoms with Crippen LogP contribution in [0.4, 0.5) is 0 Å². The molecule has 2 bridgehead atoms. The lowest BCUT2D eigenvalue weighted by molar-refractivity contribution is -0.151. The van der Waals surface area contributed by atoms with E-state index in [1.807, 2.05) is 19.1 Å². The average Bonchev–Trinajstić information content (AvgIpc) is 3.04. The summed E-state index contributed by atoms with van der Waals surface area (Å²) in [4.78, 5) is 37.3. The van der Waals surface area contributed by atoms with E-state index in [-0.39, 0.29) is 30.2 Å². The number of aliphatic carboxylic acids is 1. The molecule has 0 aromatic carbocycles. The predicted octanol–water partition coefficient (Wildman–Crippen LogP) is 0.494. The number of rotatable bonds is 6. The van der Waals surface area contributed by atoms with Crippen LogP contribution in [0.25, 0.3) is 0 Å². The Labute approximate surface area is 124 Å². The van der Waals surface area contributed by atoms with Crippen LogP contribution in [0.5, 0.6) is 0 Å². The first-order valence-electron chi connectivity index (χ1n) is 7.46. The summed E-state index contributed by atoms with van der Waals surface area (Å²) in [6, 6.07) is 0. The van der Waals surface area contributed by atoms with Crippen LogP contribution in [0.15, 0.2) is 12.2 Å². The summed E-state index contributed by atoms with van der Waals surface area (Å²) >= 11 is 0. The Hall–Kier alpha value is -1.85. The molecule has 0 aromatic rings. The Bertz CT molecular complexity index is 474. The Kier molecular flexibility index (Phi) is 4.65. The van der Waals surface area contributed by atoms with E-state index in [9.17, 15) is 19.5 Å². The quantitative estimate of drug-likeness (QED) is 0.698. The third-order valence-electron chi connectivity index (χ3n) is 4.43. The minimum absolute atomic E-state index is 0.00683. The summed E-state index contributed by atoms with van der Waals surface area (Å²) in [6.45, 7) is 4.53. The first-order valence-corrected chi connectivity index (χ1v) is 7.46. The van der Waals surface area contributed by atoms with E-state index < -0.39 is 17.8 Å². The van der Waals surface area contributed by atoms with Gasteiger partial charge in [-0.05, 0) is 32.1 Å². The van der Waals surface area contributed by atoms with Gasteiger partial charge >= 0.3 is 5.97 Å². The van der Waals surface area contributed by atoms with E-state index in [1.54, 1.807) is 6.92 Å². The molecule has 6 nitrogen and oxygen atoms in total. The van der Waals surface area contributed by atoms with Crippen LogP contribution in [0, 0.1) is 23.7 Å². The van der Waals surface area contributed by atoms with Gasteiger partial charge in [0.15, 0.2) is 0 Å². The number of carboxylic acid groups (broad SMARTS) is 1. The Morgan fingerprint density at radius 2 is 1.81 bits per heavy atom. The van der Waals surface area contributed by atoms with Gasteiger partial charge in [0.25, 0.3) is 0 Å². The van der Waals surface area contributed by atoms with Crippen LogP contribution >= 0.6 is 0 Å². The van der Waals surface area contributed by atoms with Gasteiger partial charge in [-0.15, -0.1) is 0 Å². The number of fused-ring (bicyclic) bond motifs is 2. The van der Waals surface area contributed by atoms with Gasteiger partial charge in [0.2, 0.25) is 11.8 Å². The Morgan fingerprint density at radius 1 is 1.19 bits per heavy atom. The van der Waals surface area contributed by atoms with Crippen LogP contribution < -0.4 is 5.32 Å². The molecule has 4 atom stereocenters. The highest BCUT2D eigenvalue weighted by molar-refractivity contribution is 5.90. The molecule has 1 saturated carbocycles. The van der Waals surface area contributed by atoms with E-state index in [4.69, 9.17) is 0 Å². The fraction of sp³-hybridized carbons (Fsp3) is 0.667. The second-order valence-corrected chi connectivity index (χ2v) is 5.64. The normalized spacial score (nSPS) is 29.4. The van der Waals surface area contributed by atoms with Crippen molar-refractivity contribution >= 4 is 17.8 Å². The van der Waals surface area contributed by atoms with Gasteiger partial charge in [0, 0.05) is 13.1 Å².